The molecule has 40 heavy (non-hydrogen) atoms. The van der Waals surface area contributed by atoms with Gasteiger partial charge in [0.1, 0.15) is 5.56 Å². The fraction of sp³-hybridized carbons (Fsp3) is 0.567. The summed E-state index contributed by atoms with van der Waals surface area (Å²) >= 11 is 0. The highest BCUT2D eigenvalue weighted by molar-refractivity contribution is 5.76. The first-order chi connectivity index (χ1) is 18.8. The Labute approximate surface area is 233 Å². The molecule has 2 aromatic carbocycles. The molecule has 0 saturated carbocycles. The van der Waals surface area contributed by atoms with Crippen molar-refractivity contribution >= 4 is 23.0 Å². The quantitative estimate of drug-likeness (QED) is 0.291. The molecule has 10 heteroatoms. The summed E-state index contributed by atoms with van der Waals surface area (Å²) < 4.78 is 39.8. The second-order valence-electron chi connectivity index (χ2n) is 12.1. The summed E-state index contributed by atoms with van der Waals surface area (Å²) in [4.78, 5) is 27.1. The third-order valence-corrected chi connectivity index (χ3v) is 8.20. The van der Waals surface area contributed by atoms with Gasteiger partial charge in [-0.1, -0.05) is 32.9 Å². The van der Waals surface area contributed by atoms with Crippen LogP contribution < -0.4 is 10.2 Å². The van der Waals surface area contributed by atoms with E-state index in [1.165, 1.54) is 17.3 Å². The van der Waals surface area contributed by atoms with Gasteiger partial charge >= 0.3 is 6.18 Å². The van der Waals surface area contributed by atoms with Crippen LogP contribution in [-0.4, -0.2) is 48.0 Å². The number of likely N-dealkylation sites (tertiary alicyclic amines) is 1. The Balaban J connectivity index is 1.19. The number of benzene rings is 2. The van der Waals surface area contributed by atoms with Gasteiger partial charge in [0.05, 0.1) is 4.92 Å². The summed E-state index contributed by atoms with van der Waals surface area (Å²) in [5.74, 6) is 0.659. The number of piperidine rings is 2. The number of anilines is 2. The Morgan fingerprint density at radius 2 is 1.60 bits per heavy atom. The SMILES string of the molecule is CC(C)(C)c1ccc(N2CCC(CCC(=O)N3CCC(Nc4ccc([N+](=O)[O-])c(C(F)(F)F)c4)CC3)CC2)cc1. The molecule has 2 saturated heterocycles. The van der Waals surface area contributed by atoms with E-state index >= 15 is 0 Å². The fourth-order valence-corrected chi connectivity index (χ4v) is 5.66. The molecule has 4 rings (SSSR count). The topological polar surface area (TPSA) is 78.7 Å². The zero-order valence-corrected chi connectivity index (χ0v) is 23.5. The van der Waals surface area contributed by atoms with Crippen molar-refractivity contribution in [2.24, 2.45) is 5.92 Å². The molecule has 0 aliphatic carbocycles. The predicted octanol–water partition coefficient (Wildman–Crippen LogP) is 7.01. The van der Waals surface area contributed by atoms with Crippen LogP contribution in [-0.2, 0) is 16.4 Å². The molecule has 2 aliphatic rings. The predicted molar refractivity (Wildman–Crippen MR) is 151 cm³/mol. The van der Waals surface area contributed by atoms with E-state index in [-0.39, 0.29) is 23.1 Å². The lowest BCUT2D eigenvalue weighted by Crippen LogP contribution is -2.42. The van der Waals surface area contributed by atoms with Crippen molar-refractivity contribution in [3.8, 4) is 0 Å². The van der Waals surface area contributed by atoms with Crippen LogP contribution in [0.15, 0.2) is 42.5 Å². The lowest BCUT2D eigenvalue weighted by Gasteiger charge is -2.35. The Bertz CT molecular complexity index is 1180. The van der Waals surface area contributed by atoms with Gasteiger partial charge in [0.15, 0.2) is 0 Å². The first-order valence-electron chi connectivity index (χ1n) is 14.1. The van der Waals surface area contributed by atoms with Gasteiger partial charge in [0, 0.05) is 56.1 Å². The van der Waals surface area contributed by atoms with E-state index in [1.54, 1.807) is 0 Å². The van der Waals surface area contributed by atoms with Gasteiger partial charge < -0.3 is 15.1 Å². The third-order valence-electron chi connectivity index (χ3n) is 8.20. The molecule has 0 unspecified atom stereocenters. The van der Waals surface area contributed by atoms with Crippen molar-refractivity contribution in [3.63, 3.8) is 0 Å². The standard InChI is InChI=1S/C30H39F3N4O3/c1-29(2,3)22-5-8-25(9-6-22)35-16-12-21(13-17-35)4-11-28(38)36-18-14-23(15-19-36)34-24-7-10-27(37(39)40)26(20-24)30(31,32)33/h5-10,20-21,23,34H,4,11-19H2,1-3H3. The normalized spacial score (nSPS) is 17.6. The Morgan fingerprint density at radius 1 is 0.975 bits per heavy atom. The molecule has 2 heterocycles. The van der Waals surface area contributed by atoms with E-state index in [2.05, 4.69) is 55.3 Å². The fourth-order valence-electron chi connectivity index (χ4n) is 5.66. The molecule has 1 amide bonds. The van der Waals surface area contributed by atoms with Crippen LogP contribution in [0, 0.1) is 16.0 Å². The number of alkyl halides is 3. The van der Waals surface area contributed by atoms with Gasteiger partial charge in [0.25, 0.3) is 5.69 Å². The van der Waals surface area contributed by atoms with Gasteiger partial charge in [-0.05, 0) is 73.3 Å². The minimum Gasteiger partial charge on any atom is -0.382 e. The number of nitrogens with one attached hydrogen (secondary N) is 1. The van der Waals surface area contributed by atoms with Crippen molar-refractivity contribution in [3.05, 3.63) is 63.7 Å². The summed E-state index contributed by atoms with van der Waals surface area (Å²) in [6, 6.07) is 11.7. The first-order valence-corrected chi connectivity index (χ1v) is 14.1. The van der Waals surface area contributed by atoms with E-state index in [9.17, 15) is 28.1 Å². The van der Waals surface area contributed by atoms with Crippen LogP contribution in [0.1, 0.15) is 70.4 Å². The van der Waals surface area contributed by atoms with Crippen LogP contribution in [0.3, 0.4) is 0 Å². The van der Waals surface area contributed by atoms with Crippen molar-refractivity contribution in [1.82, 2.24) is 4.90 Å². The molecule has 2 aromatic rings. The van der Waals surface area contributed by atoms with Crippen LogP contribution in [0.5, 0.6) is 0 Å². The smallest absolute Gasteiger partial charge is 0.382 e. The molecule has 2 fully saturated rings. The molecule has 0 radical (unpaired) electrons. The molecule has 0 aromatic heterocycles. The number of nitro groups is 1. The molecule has 2 aliphatic heterocycles. The van der Waals surface area contributed by atoms with Crippen LogP contribution >= 0.6 is 0 Å². The second kappa shape index (κ2) is 12.1. The number of hydrogen-bond donors (Lipinski definition) is 1. The summed E-state index contributed by atoms with van der Waals surface area (Å²) in [6.45, 7) is 9.70. The molecule has 1 N–H and O–H groups in total. The average molecular weight is 561 g/mol. The zero-order valence-electron chi connectivity index (χ0n) is 23.5. The average Bonchev–Trinajstić information content (AvgIpc) is 2.91. The van der Waals surface area contributed by atoms with Crippen LogP contribution in [0.4, 0.5) is 30.2 Å². The number of halogens is 3. The Hall–Kier alpha value is -3.30. The van der Waals surface area contributed by atoms with E-state index in [1.807, 2.05) is 4.90 Å². The van der Waals surface area contributed by atoms with Crippen molar-refractivity contribution in [2.75, 3.05) is 36.4 Å². The number of hydrogen-bond acceptors (Lipinski definition) is 5. The molecule has 218 valence electrons. The molecular formula is C30H39F3N4O3. The second-order valence-corrected chi connectivity index (χ2v) is 12.1. The number of rotatable bonds is 7. The van der Waals surface area contributed by atoms with Crippen molar-refractivity contribution in [1.29, 1.82) is 0 Å². The molecular weight excluding hydrogens is 521 g/mol. The molecule has 0 bridgehead atoms. The van der Waals surface area contributed by atoms with Crippen LogP contribution in [0.25, 0.3) is 0 Å². The van der Waals surface area contributed by atoms with Gasteiger partial charge in [-0.3, -0.25) is 14.9 Å². The highest BCUT2D eigenvalue weighted by Crippen LogP contribution is 2.38. The molecule has 7 nitrogen and oxygen atoms in total. The number of amides is 1. The third kappa shape index (κ3) is 7.46. The lowest BCUT2D eigenvalue weighted by atomic mass is 9.87. The minimum absolute atomic E-state index is 0.103. The maximum absolute atomic E-state index is 13.3. The lowest BCUT2D eigenvalue weighted by molar-refractivity contribution is -0.388. The van der Waals surface area contributed by atoms with Gasteiger partial charge in [-0.2, -0.15) is 13.2 Å². The van der Waals surface area contributed by atoms with Crippen molar-refractivity contribution < 1.29 is 22.9 Å². The highest BCUT2D eigenvalue weighted by atomic mass is 19.4. The van der Waals surface area contributed by atoms with E-state index in [0.29, 0.717) is 38.3 Å². The first kappa shape index (κ1) is 29.7. The van der Waals surface area contributed by atoms with Crippen LogP contribution in [0.2, 0.25) is 0 Å². The maximum Gasteiger partial charge on any atom is 0.423 e. The Morgan fingerprint density at radius 3 is 2.15 bits per heavy atom. The summed E-state index contributed by atoms with van der Waals surface area (Å²) in [7, 11) is 0. The zero-order chi connectivity index (χ0) is 29.1. The molecule has 0 spiro atoms. The number of carbonyl (C=O) groups excluding carboxylic acids is 1. The van der Waals surface area contributed by atoms with Crippen molar-refractivity contribution in [2.45, 2.75) is 76.9 Å². The summed E-state index contributed by atoms with van der Waals surface area (Å²) in [5, 5.41) is 14.0. The van der Waals surface area contributed by atoms with Gasteiger partial charge in [-0.25, -0.2) is 0 Å². The van der Waals surface area contributed by atoms with E-state index < -0.39 is 22.4 Å². The van der Waals surface area contributed by atoms with E-state index in [4.69, 9.17) is 0 Å². The minimum atomic E-state index is -4.82. The van der Waals surface area contributed by atoms with Gasteiger partial charge in [0.2, 0.25) is 5.91 Å². The number of carbonyl (C=O) groups is 1. The largest absolute Gasteiger partial charge is 0.423 e. The Kier molecular flexibility index (Phi) is 8.95. The molecule has 0 atom stereocenters. The van der Waals surface area contributed by atoms with E-state index in [0.717, 1.165) is 44.5 Å². The summed E-state index contributed by atoms with van der Waals surface area (Å²) in [5.41, 5.74) is 0.684. The number of nitro benzene ring substituents is 1. The summed E-state index contributed by atoms with van der Waals surface area (Å²) in [6.07, 6.45) is -0.0841. The van der Waals surface area contributed by atoms with Gasteiger partial charge in [-0.15, -0.1) is 0 Å². The highest BCUT2D eigenvalue weighted by Gasteiger charge is 2.38. The number of nitrogens with zero attached hydrogens (tertiary/aromatic N) is 3. The monoisotopic (exact) mass is 560 g/mol. The maximum atomic E-state index is 13.3.